The smallest absolute Gasteiger partial charge is 0.143 e. The van der Waals surface area contributed by atoms with Crippen LogP contribution in [0.4, 0.5) is 5.82 Å². The summed E-state index contributed by atoms with van der Waals surface area (Å²) >= 11 is 0. The topological polar surface area (TPSA) is 75.3 Å². The van der Waals surface area contributed by atoms with Crippen molar-refractivity contribution in [1.29, 1.82) is 0 Å². The second-order valence-electron chi connectivity index (χ2n) is 8.70. The van der Waals surface area contributed by atoms with E-state index in [4.69, 9.17) is 9.47 Å². The van der Waals surface area contributed by atoms with Crippen molar-refractivity contribution in [2.75, 3.05) is 31.6 Å². The lowest BCUT2D eigenvalue weighted by molar-refractivity contribution is -0.0465. The van der Waals surface area contributed by atoms with Gasteiger partial charge in [0, 0.05) is 24.3 Å². The molecule has 3 aliphatic rings. The van der Waals surface area contributed by atoms with Crippen LogP contribution >= 0.6 is 0 Å². The van der Waals surface area contributed by atoms with E-state index in [1.54, 1.807) is 6.33 Å². The maximum Gasteiger partial charge on any atom is 0.143 e. The molecule has 2 N–H and O–H groups in total. The maximum absolute atomic E-state index is 6.16. The SMILES string of the molecule is C[C@@H]1CN(C2COc3ccccc3[C@@H]2Nc2ncnc3[nH]c(C4CC4)cc23)CCO1. The fourth-order valence-corrected chi connectivity index (χ4v) is 4.82. The zero-order valence-electron chi connectivity index (χ0n) is 17.2. The summed E-state index contributed by atoms with van der Waals surface area (Å²) in [5.41, 5.74) is 3.36. The van der Waals surface area contributed by atoms with Gasteiger partial charge in [0.15, 0.2) is 0 Å². The molecular formula is C23H27N5O2. The van der Waals surface area contributed by atoms with Gasteiger partial charge in [-0.25, -0.2) is 9.97 Å². The Morgan fingerprint density at radius 3 is 2.97 bits per heavy atom. The van der Waals surface area contributed by atoms with E-state index in [2.05, 4.69) is 56.4 Å². The van der Waals surface area contributed by atoms with Gasteiger partial charge in [0.05, 0.1) is 30.2 Å². The van der Waals surface area contributed by atoms with Gasteiger partial charge >= 0.3 is 0 Å². The Balaban J connectivity index is 1.38. The number of aromatic nitrogens is 3. The van der Waals surface area contributed by atoms with E-state index in [1.165, 1.54) is 24.1 Å². The van der Waals surface area contributed by atoms with E-state index in [0.29, 0.717) is 12.5 Å². The normalized spacial score (nSPS) is 26.9. The van der Waals surface area contributed by atoms with Gasteiger partial charge in [-0.3, -0.25) is 4.90 Å². The highest BCUT2D eigenvalue weighted by Gasteiger charge is 2.37. The average Bonchev–Trinajstić information content (AvgIpc) is 3.53. The molecule has 2 aromatic heterocycles. The van der Waals surface area contributed by atoms with Crippen LogP contribution in [0.5, 0.6) is 5.75 Å². The maximum atomic E-state index is 6.16. The first-order valence-electron chi connectivity index (χ1n) is 10.9. The number of ether oxygens (including phenoxy) is 2. The number of nitrogens with one attached hydrogen (secondary N) is 2. The summed E-state index contributed by atoms with van der Waals surface area (Å²) in [4.78, 5) is 15.1. The molecule has 0 bridgehead atoms. The lowest BCUT2D eigenvalue weighted by atomic mass is 9.94. The molecule has 1 saturated heterocycles. The van der Waals surface area contributed by atoms with Crippen LogP contribution in [0.1, 0.15) is 43.0 Å². The minimum absolute atomic E-state index is 0.0811. The molecule has 0 radical (unpaired) electrons. The average molecular weight is 406 g/mol. The summed E-state index contributed by atoms with van der Waals surface area (Å²) in [6.07, 6.45) is 4.39. The lowest BCUT2D eigenvalue weighted by Gasteiger charge is -2.43. The summed E-state index contributed by atoms with van der Waals surface area (Å²) < 4.78 is 11.9. The van der Waals surface area contributed by atoms with Crippen LogP contribution in [-0.2, 0) is 4.74 Å². The quantitative estimate of drug-likeness (QED) is 0.692. The van der Waals surface area contributed by atoms with Crippen molar-refractivity contribution in [3.05, 3.63) is 47.9 Å². The number of morpholine rings is 1. The van der Waals surface area contributed by atoms with E-state index >= 15 is 0 Å². The molecule has 7 nitrogen and oxygen atoms in total. The Morgan fingerprint density at radius 1 is 1.20 bits per heavy atom. The van der Waals surface area contributed by atoms with Crippen molar-refractivity contribution in [1.82, 2.24) is 19.9 Å². The van der Waals surface area contributed by atoms with Crippen molar-refractivity contribution < 1.29 is 9.47 Å². The zero-order chi connectivity index (χ0) is 20.1. The van der Waals surface area contributed by atoms with Crippen molar-refractivity contribution in [3.63, 3.8) is 0 Å². The molecule has 1 unspecified atom stereocenters. The van der Waals surface area contributed by atoms with Gasteiger partial charge in [-0.1, -0.05) is 18.2 Å². The van der Waals surface area contributed by atoms with E-state index in [0.717, 1.165) is 42.3 Å². The number of hydrogen-bond donors (Lipinski definition) is 2. The fourth-order valence-electron chi connectivity index (χ4n) is 4.82. The number of aromatic amines is 1. The Morgan fingerprint density at radius 2 is 2.10 bits per heavy atom. The minimum Gasteiger partial charge on any atom is -0.491 e. The Hall–Kier alpha value is -2.64. The van der Waals surface area contributed by atoms with Crippen molar-refractivity contribution in [2.45, 2.75) is 43.9 Å². The lowest BCUT2D eigenvalue weighted by Crippen LogP contribution is -2.54. The highest BCUT2D eigenvalue weighted by atomic mass is 16.5. The molecule has 1 saturated carbocycles. The molecule has 2 fully saturated rings. The van der Waals surface area contributed by atoms with Gasteiger partial charge in [-0.05, 0) is 37.8 Å². The zero-order valence-corrected chi connectivity index (χ0v) is 17.2. The van der Waals surface area contributed by atoms with Gasteiger partial charge in [-0.2, -0.15) is 0 Å². The predicted molar refractivity (Wildman–Crippen MR) is 115 cm³/mol. The molecule has 3 aromatic rings. The number of anilines is 1. The summed E-state index contributed by atoms with van der Waals surface area (Å²) in [6, 6.07) is 10.8. The molecular weight excluding hydrogens is 378 g/mol. The number of fused-ring (bicyclic) bond motifs is 2. The molecule has 7 heteroatoms. The van der Waals surface area contributed by atoms with E-state index in [-0.39, 0.29) is 18.2 Å². The second-order valence-corrected chi connectivity index (χ2v) is 8.70. The van der Waals surface area contributed by atoms with E-state index in [1.807, 2.05) is 6.07 Å². The minimum atomic E-state index is 0.0811. The van der Waals surface area contributed by atoms with E-state index < -0.39 is 0 Å². The molecule has 0 amide bonds. The first kappa shape index (κ1) is 18.2. The monoisotopic (exact) mass is 405 g/mol. The van der Waals surface area contributed by atoms with Crippen molar-refractivity contribution in [2.24, 2.45) is 0 Å². The summed E-state index contributed by atoms with van der Waals surface area (Å²) in [5.74, 6) is 2.49. The molecule has 1 aliphatic carbocycles. The van der Waals surface area contributed by atoms with Gasteiger partial charge in [0.25, 0.3) is 0 Å². The Bertz CT molecular complexity index is 1060. The van der Waals surface area contributed by atoms with Crippen LogP contribution in [0.25, 0.3) is 11.0 Å². The van der Waals surface area contributed by atoms with Gasteiger partial charge in [0.1, 0.15) is 30.1 Å². The third-order valence-electron chi connectivity index (χ3n) is 6.55. The standard InChI is InChI=1S/C23H27N5O2/c1-14-11-28(8-9-29-14)19-12-30-20-5-3-2-4-16(20)21(19)27-23-17-10-18(15-6-7-15)26-22(17)24-13-25-23/h2-5,10,13-15,19,21H,6-9,11-12H2,1H3,(H2,24,25,26,27)/t14-,19?,21+/m1/s1. The first-order chi connectivity index (χ1) is 14.8. The Labute approximate surface area is 175 Å². The molecule has 3 atom stereocenters. The number of H-pyrrole nitrogens is 1. The molecule has 2 aliphatic heterocycles. The van der Waals surface area contributed by atoms with Crippen LogP contribution in [0, 0.1) is 0 Å². The third-order valence-corrected chi connectivity index (χ3v) is 6.55. The third kappa shape index (κ3) is 3.22. The highest BCUT2D eigenvalue weighted by Crippen LogP contribution is 2.42. The molecule has 6 rings (SSSR count). The van der Waals surface area contributed by atoms with Crippen LogP contribution in [0.2, 0.25) is 0 Å². The number of nitrogens with zero attached hydrogens (tertiary/aromatic N) is 3. The van der Waals surface area contributed by atoms with E-state index in [9.17, 15) is 0 Å². The number of benzene rings is 1. The first-order valence-corrected chi connectivity index (χ1v) is 10.9. The summed E-state index contributed by atoms with van der Waals surface area (Å²) in [6.45, 7) is 5.36. The number of hydrogen-bond acceptors (Lipinski definition) is 6. The molecule has 0 spiro atoms. The predicted octanol–water partition coefficient (Wildman–Crippen LogP) is 3.47. The van der Waals surface area contributed by atoms with Gasteiger partial charge in [0.2, 0.25) is 0 Å². The summed E-state index contributed by atoms with van der Waals surface area (Å²) in [5, 5.41) is 4.85. The largest absolute Gasteiger partial charge is 0.491 e. The fraction of sp³-hybridized carbons (Fsp3) is 0.478. The summed E-state index contributed by atoms with van der Waals surface area (Å²) in [7, 11) is 0. The number of rotatable bonds is 4. The van der Waals surface area contributed by atoms with Crippen LogP contribution in [-0.4, -0.2) is 58.3 Å². The van der Waals surface area contributed by atoms with Gasteiger partial charge in [-0.15, -0.1) is 0 Å². The van der Waals surface area contributed by atoms with Crippen LogP contribution in [0.15, 0.2) is 36.7 Å². The van der Waals surface area contributed by atoms with Crippen LogP contribution in [0.3, 0.4) is 0 Å². The highest BCUT2D eigenvalue weighted by molar-refractivity contribution is 5.88. The molecule has 1 aromatic carbocycles. The van der Waals surface area contributed by atoms with Crippen LogP contribution < -0.4 is 10.1 Å². The number of para-hydroxylation sites is 1. The Kier molecular flexibility index (Phi) is 4.39. The van der Waals surface area contributed by atoms with Gasteiger partial charge < -0.3 is 19.8 Å². The van der Waals surface area contributed by atoms with Crippen molar-refractivity contribution >= 4 is 16.9 Å². The molecule has 156 valence electrons. The second kappa shape index (κ2) is 7.25. The van der Waals surface area contributed by atoms with Crippen molar-refractivity contribution in [3.8, 4) is 5.75 Å². The molecule has 30 heavy (non-hydrogen) atoms. The molecule has 4 heterocycles.